The molecule has 0 aliphatic rings. The number of aromatic nitrogens is 1. The van der Waals surface area contributed by atoms with E-state index in [1.54, 1.807) is 12.1 Å². The first-order valence-corrected chi connectivity index (χ1v) is 8.83. The highest BCUT2D eigenvalue weighted by Gasteiger charge is 2.10. The largest absolute Gasteiger partial charge is 0.313 e. The highest BCUT2D eigenvalue weighted by Crippen LogP contribution is 2.19. The molecule has 25 heavy (non-hydrogen) atoms. The van der Waals surface area contributed by atoms with Gasteiger partial charge in [-0.05, 0) is 43.2 Å². The first kappa shape index (κ1) is 17.3. The summed E-state index contributed by atoms with van der Waals surface area (Å²) in [5, 5.41) is 0. The van der Waals surface area contributed by atoms with E-state index in [1.165, 1.54) is 23.5 Å². The van der Waals surface area contributed by atoms with Crippen LogP contribution in [0.25, 0.3) is 10.2 Å². The zero-order chi connectivity index (χ0) is 18.0. The lowest BCUT2D eigenvalue weighted by Crippen LogP contribution is -2.17. The van der Waals surface area contributed by atoms with Gasteiger partial charge in [0.15, 0.2) is 4.80 Å². The van der Waals surface area contributed by atoms with E-state index in [2.05, 4.69) is 11.6 Å². The highest BCUT2D eigenvalue weighted by molar-refractivity contribution is 7.16. The average molecular weight is 354 g/mol. The van der Waals surface area contributed by atoms with E-state index < -0.39 is 0 Å². The predicted molar refractivity (Wildman–Crippen MR) is 100 cm³/mol. The third-order valence-electron chi connectivity index (χ3n) is 4.02. The molecule has 0 N–H and O–H groups in total. The maximum absolute atomic E-state index is 13.5. The molecule has 0 unspecified atom stereocenters. The molecule has 3 nitrogen and oxygen atoms in total. The molecule has 5 heteroatoms. The maximum atomic E-state index is 13.5. The van der Waals surface area contributed by atoms with Crippen molar-refractivity contribution in [3.8, 4) is 0 Å². The molecule has 3 rings (SSSR count). The van der Waals surface area contributed by atoms with Crippen LogP contribution >= 0.6 is 11.3 Å². The lowest BCUT2D eigenvalue weighted by Gasteiger charge is -2.04. The molecule has 128 valence electrons. The summed E-state index contributed by atoms with van der Waals surface area (Å²) in [6, 6.07) is 10.6. The van der Waals surface area contributed by atoms with Crippen molar-refractivity contribution in [2.24, 2.45) is 4.99 Å². The minimum absolute atomic E-state index is 0.210. The minimum Gasteiger partial charge on any atom is -0.313 e. The second kappa shape index (κ2) is 7.15. The maximum Gasteiger partial charge on any atom is 0.252 e. The lowest BCUT2D eigenvalue weighted by atomic mass is 10.0. The average Bonchev–Trinajstić information content (AvgIpc) is 2.88. The third-order valence-corrected chi connectivity index (χ3v) is 5.06. The van der Waals surface area contributed by atoms with Gasteiger partial charge in [-0.2, -0.15) is 4.99 Å². The van der Waals surface area contributed by atoms with Crippen LogP contribution in [0.5, 0.6) is 0 Å². The Morgan fingerprint density at radius 1 is 1.28 bits per heavy atom. The van der Waals surface area contributed by atoms with E-state index in [4.69, 9.17) is 0 Å². The minimum atomic E-state index is -0.298. The van der Waals surface area contributed by atoms with E-state index in [0.29, 0.717) is 11.3 Å². The summed E-state index contributed by atoms with van der Waals surface area (Å²) in [6.45, 7) is 8.26. The lowest BCUT2D eigenvalue weighted by molar-refractivity contribution is -0.117. The Bertz CT molecular complexity index is 1030. The number of carbonyl (C=O) groups is 1. The molecular weight excluding hydrogens is 335 g/mol. The van der Waals surface area contributed by atoms with Crippen molar-refractivity contribution in [1.82, 2.24) is 4.57 Å². The molecular formula is C20H19FN2OS. The first-order chi connectivity index (χ1) is 12.0. The van der Waals surface area contributed by atoms with Gasteiger partial charge in [0.05, 0.1) is 16.6 Å². The normalized spacial score (nSPS) is 11.9. The number of thiazole rings is 1. The van der Waals surface area contributed by atoms with Crippen molar-refractivity contribution in [3.63, 3.8) is 0 Å². The van der Waals surface area contributed by atoms with Crippen LogP contribution in [-0.4, -0.2) is 10.5 Å². The van der Waals surface area contributed by atoms with Crippen molar-refractivity contribution in [2.45, 2.75) is 26.8 Å². The number of allylic oxidation sites excluding steroid dienone is 1. The molecule has 0 atom stereocenters. The van der Waals surface area contributed by atoms with Gasteiger partial charge in [-0.25, -0.2) is 4.39 Å². The molecule has 1 heterocycles. The molecule has 0 bridgehead atoms. The molecule has 0 spiro atoms. The predicted octanol–water partition coefficient (Wildman–Crippen LogP) is 4.31. The second-order valence-corrected chi connectivity index (χ2v) is 7.02. The van der Waals surface area contributed by atoms with Gasteiger partial charge in [0.2, 0.25) is 0 Å². The number of halogens is 1. The Morgan fingerprint density at radius 3 is 2.84 bits per heavy atom. The number of hydrogen-bond acceptors (Lipinski definition) is 2. The van der Waals surface area contributed by atoms with Gasteiger partial charge < -0.3 is 4.57 Å². The second-order valence-electron chi connectivity index (χ2n) is 6.01. The van der Waals surface area contributed by atoms with Crippen LogP contribution in [0.1, 0.15) is 16.7 Å². The summed E-state index contributed by atoms with van der Waals surface area (Å²) >= 11 is 1.31. The van der Waals surface area contributed by atoms with E-state index in [1.807, 2.05) is 36.6 Å². The van der Waals surface area contributed by atoms with Gasteiger partial charge in [0.1, 0.15) is 5.82 Å². The monoisotopic (exact) mass is 354 g/mol. The van der Waals surface area contributed by atoms with Crippen molar-refractivity contribution in [1.29, 1.82) is 0 Å². The number of fused-ring (bicyclic) bond motifs is 1. The SMILES string of the molecule is C=CCn1c(=NC(=O)Cc2cc(C)ccc2C)sc2cc(F)ccc21. The topological polar surface area (TPSA) is 34.4 Å². The van der Waals surface area contributed by atoms with Gasteiger partial charge in [-0.1, -0.05) is 41.2 Å². The van der Waals surface area contributed by atoms with Crippen molar-refractivity contribution in [2.75, 3.05) is 0 Å². The molecule has 0 aliphatic heterocycles. The quantitative estimate of drug-likeness (QED) is 0.643. The van der Waals surface area contributed by atoms with Crippen LogP contribution in [0, 0.1) is 19.7 Å². The summed E-state index contributed by atoms with van der Waals surface area (Å²) in [4.78, 5) is 17.3. The molecule has 0 radical (unpaired) electrons. The molecule has 3 aromatic rings. The molecule has 0 aliphatic carbocycles. The summed E-state index contributed by atoms with van der Waals surface area (Å²) in [5.41, 5.74) is 4.03. The van der Waals surface area contributed by atoms with Crippen LogP contribution in [0.4, 0.5) is 4.39 Å². The van der Waals surface area contributed by atoms with Gasteiger partial charge >= 0.3 is 0 Å². The molecule has 1 amide bonds. The number of aryl methyl sites for hydroxylation is 2. The zero-order valence-electron chi connectivity index (χ0n) is 14.3. The van der Waals surface area contributed by atoms with Gasteiger partial charge in [-0.15, -0.1) is 6.58 Å². The molecule has 0 fully saturated rings. The summed E-state index contributed by atoms with van der Waals surface area (Å²) in [6.07, 6.45) is 1.99. The van der Waals surface area contributed by atoms with Gasteiger partial charge in [0.25, 0.3) is 5.91 Å². The number of rotatable bonds is 4. The first-order valence-electron chi connectivity index (χ1n) is 8.01. The Kier molecular flexibility index (Phi) is 4.95. The fourth-order valence-corrected chi connectivity index (χ4v) is 3.82. The fraction of sp³-hybridized carbons (Fsp3) is 0.200. The Balaban J connectivity index is 2.02. The third kappa shape index (κ3) is 3.77. The van der Waals surface area contributed by atoms with Crippen LogP contribution < -0.4 is 4.80 Å². The number of carbonyl (C=O) groups excluding carboxylic acids is 1. The fourth-order valence-electron chi connectivity index (χ4n) is 2.74. The summed E-state index contributed by atoms with van der Waals surface area (Å²) < 4.78 is 16.1. The Morgan fingerprint density at radius 2 is 2.08 bits per heavy atom. The van der Waals surface area contributed by atoms with E-state index >= 15 is 0 Å². The Labute approximate surface area is 149 Å². The van der Waals surface area contributed by atoms with Gasteiger partial charge in [-0.3, -0.25) is 4.79 Å². The summed E-state index contributed by atoms with van der Waals surface area (Å²) in [7, 11) is 0. The molecule has 1 aromatic heterocycles. The Hall–Kier alpha value is -2.53. The van der Waals surface area contributed by atoms with E-state index in [9.17, 15) is 9.18 Å². The number of hydrogen-bond donors (Lipinski definition) is 0. The van der Waals surface area contributed by atoms with Crippen LogP contribution in [0.15, 0.2) is 54.0 Å². The van der Waals surface area contributed by atoms with Crippen LogP contribution in [-0.2, 0) is 17.8 Å². The highest BCUT2D eigenvalue weighted by atomic mass is 32.1. The number of amides is 1. The van der Waals surface area contributed by atoms with Crippen molar-refractivity contribution >= 4 is 27.5 Å². The smallest absolute Gasteiger partial charge is 0.252 e. The van der Waals surface area contributed by atoms with E-state index in [-0.39, 0.29) is 18.1 Å². The summed E-state index contributed by atoms with van der Waals surface area (Å²) in [5.74, 6) is -0.508. The zero-order valence-corrected chi connectivity index (χ0v) is 15.1. The number of nitrogens with zero attached hydrogens (tertiary/aromatic N) is 2. The van der Waals surface area contributed by atoms with Crippen LogP contribution in [0.2, 0.25) is 0 Å². The van der Waals surface area contributed by atoms with Crippen LogP contribution in [0.3, 0.4) is 0 Å². The molecule has 2 aromatic carbocycles. The molecule has 0 saturated carbocycles. The van der Waals surface area contributed by atoms with Crippen molar-refractivity contribution in [3.05, 3.63) is 76.4 Å². The number of benzene rings is 2. The van der Waals surface area contributed by atoms with Crippen molar-refractivity contribution < 1.29 is 9.18 Å². The van der Waals surface area contributed by atoms with E-state index in [0.717, 1.165) is 26.9 Å². The van der Waals surface area contributed by atoms with Gasteiger partial charge in [0, 0.05) is 6.54 Å². The standard InChI is InChI=1S/C20H19FN2OS/c1-4-9-23-17-8-7-16(21)12-18(17)25-20(23)22-19(24)11-15-10-13(2)5-6-14(15)3/h4-8,10,12H,1,9,11H2,2-3H3. The molecule has 0 saturated heterocycles.